The van der Waals surface area contributed by atoms with E-state index in [1.165, 1.54) is 12.8 Å². The van der Waals surface area contributed by atoms with E-state index in [1.807, 2.05) is 6.92 Å². The maximum Gasteiger partial charge on any atom is 0.194 e. The third kappa shape index (κ3) is 1.87. The molecule has 1 heterocycles. The molecule has 0 unspecified atom stereocenters. The lowest BCUT2D eigenvalue weighted by Crippen LogP contribution is -1.82. The molecule has 0 radical (unpaired) electrons. The minimum absolute atomic E-state index is 0.874. The van der Waals surface area contributed by atoms with E-state index in [2.05, 4.69) is 11.9 Å². The molecule has 0 bridgehead atoms. The quantitative estimate of drug-likeness (QED) is 0.642. The summed E-state index contributed by atoms with van der Waals surface area (Å²) in [5.41, 5.74) is 0. The first-order valence-electron chi connectivity index (χ1n) is 3.74. The highest BCUT2D eigenvalue weighted by molar-refractivity contribution is 4.90. The Morgan fingerprint density at radius 3 is 2.90 bits per heavy atom. The summed E-state index contributed by atoms with van der Waals surface area (Å²) in [5, 5.41) is 0. The summed E-state index contributed by atoms with van der Waals surface area (Å²) >= 11 is 0. The molecular weight excluding hydrogens is 126 g/mol. The van der Waals surface area contributed by atoms with Gasteiger partial charge >= 0.3 is 0 Å². The molecule has 0 saturated carbocycles. The summed E-state index contributed by atoms with van der Waals surface area (Å²) in [4.78, 5) is 4.09. The van der Waals surface area contributed by atoms with Crippen molar-refractivity contribution in [2.45, 2.75) is 33.1 Å². The Hall–Kier alpha value is -0.790. The predicted octanol–water partition coefficient (Wildman–Crippen LogP) is 2.33. The topological polar surface area (TPSA) is 26.0 Å². The molecule has 0 amide bonds. The molecule has 0 aliphatic heterocycles. The minimum Gasteiger partial charge on any atom is -0.446 e. The van der Waals surface area contributed by atoms with Crippen LogP contribution in [-0.2, 0) is 6.42 Å². The van der Waals surface area contributed by atoms with Crippen LogP contribution in [0.1, 0.15) is 31.4 Å². The van der Waals surface area contributed by atoms with Gasteiger partial charge in [0.05, 0.1) is 6.20 Å². The van der Waals surface area contributed by atoms with Gasteiger partial charge in [0.25, 0.3) is 0 Å². The van der Waals surface area contributed by atoms with Crippen molar-refractivity contribution < 1.29 is 4.42 Å². The summed E-state index contributed by atoms with van der Waals surface area (Å²) in [6.45, 7) is 4.08. The maximum absolute atomic E-state index is 5.27. The van der Waals surface area contributed by atoms with Crippen molar-refractivity contribution in [1.29, 1.82) is 0 Å². The first kappa shape index (κ1) is 7.32. The fraction of sp³-hybridized carbons (Fsp3) is 0.625. The van der Waals surface area contributed by atoms with Crippen LogP contribution >= 0.6 is 0 Å². The zero-order chi connectivity index (χ0) is 7.40. The lowest BCUT2D eigenvalue weighted by Gasteiger charge is -1.89. The van der Waals surface area contributed by atoms with Gasteiger partial charge in [-0.05, 0) is 13.3 Å². The molecule has 0 spiro atoms. The number of unbranched alkanes of at least 4 members (excludes halogenated alkanes) is 1. The van der Waals surface area contributed by atoms with E-state index in [0.29, 0.717) is 0 Å². The zero-order valence-electron chi connectivity index (χ0n) is 6.55. The van der Waals surface area contributed by atoms with Crippen LogP contribution in [0.15, 0.2) is 10.6 Å². The molecule has 1 rings (SSSR count). The Balaban J connectivity index is 2.42. The number of hydrogen-bond acceptors (Lipinski definition) is 2. The van der Waals surface area contributed by atoms with Crippen molar-refractivity contribution in [2.24, 2.45) is 0 Å². The van der Waals surface area contributed by atoms with Crippen LogP contribution in [0, 0.1) is 6.92 Å². The van der Waals surface area contributed by atoms with Gasteiger partial charge < -0.3 is 4.42 Å². The molecule has 0 aromatic carbocycles. The average molecular weight is 139 g/mol. The number of oxazole rings is 1. The first-order chi connectivity index (χ1) is 4.83. The van der Waals surface area contributed by atoms with Gasteiger partial charge in [-0.3, -0.25) is 0 Å². The molecule has 0 atom stereocenters. The lowest BCUT2D eigenvalue weighted by molar-refractivity contribution is 0.464. The Bertz CT molecular complexity index is 193. The van der Waals surface area contributed by atoms with E-state index in [-0.39, 0.29) is 0 Å². The monoisotopic (exact) mass is 139 g/mol. The van der Waals surface area contributed by atoms with Crippen molar-refractivity contribution in [2.75, 3.05) is 0 Å². The van der Waals surface area contributed by atoms with E-state index in [1.54, 1.807) is 6.20 Å². The molecule has 56 valence electrons. The molecule has 0 N–H and O–H groups in total. The highest BCUT2D eigenvalue weighted by Crippen LogP contribution is 2.04. The van der Waals surface area contributed by atoms with Gasteiger partial charge in [-0.15, -0.1) is 0 Å². The van der Waals surface area contributed by atoms with E-state index in [4.69, 9.17) is 4.42 Å². The molecule has 2 heteroatoms. The lowest BCUT2D eigenvalue weighted by atomic mass is 10.2. The third-order valence-corrected chi connectivity index (χ3v) is 1.41. The van der Waals surface area contributed by atoms with Gasteiger partial charge in [-0.25, -0.2) is 4.98 Å². The maximum atomic E-state index is 5.27. The second-order valence-corrected chi connectivity index (χ2v) is 2.47. The normalized spacial score (nSPS) is 10.2. The number of nitrogens with zero attached hydrogens (tertiary/aromatic N) is 1. The van der Waals surface area contributed by atoms with Crippen LogP contribution in [0.4, 0.5) is 0 Å². The minimum atomic E-state index is 0.874. The highest BCUT2D eigenvalue weighted by atomic mass is 16.3. The molecule has 0 aliphatic carbocycles. The van der Waals surface area contributed by atoms with Crippen LogP contribution in [-0.4, -0.2) is 4.98 Å². The number of rotatable bonds is 3. The van der Waals surface area contributed by atoms with Crippen LogP contribution < -0.4 is 0 Å². The van der Waals surface area contributed by atoms with Gasteiger partial charge in [-0.1, -0.05) is 13.3 Å². The first-order valence-corrected chi connectivity index (χ1v) is 3.74. The van der Waals surface area contributed by atoms with Crippen molar-refractivity contribution in [3.05, 3.63) is 17.8 Å². The van der Waals surface area contributed by atoms with Crippen LogP contribution in [0.5, 0.6) is 0 Å². The SMILES string of the molecule is CCCCc1ncc(C)o1. The largest absolute Gasteiger partial charge is 0.446 e. The van der Waals surface area contributed by atoms with E-state index in [0.717, 1.165) is 18.1 Å². The fourth-order valence-electron chi connectivity index (χ4n) is 0.845. The average Bonchev–Trinajstić information content (AvgIpc) is 2.31. The highest BCUT2D eigenvalue weighted by Gasteiger charge is 1.97. The van der Waals surface area contributed by atoms with E-state index < -0.39 is 0 Å². The Morgan fingerprint density at radius 1 is 1.60 bits per heavy atom. The molecular formula is C8H13NO. The van der Waals surface area contributed by atoms with Crippen molar-refractivity contribution >= 4 is 0 Å². The summed E-state index contributed by atoms with van der Waals surface area (Å²) in [6, 6.07) is 0. The van der Waals surface area contributed by atoms with Crippen molar-refractivity contribution in [3.8, 4) is 0 Å². The third-order valence-electron chi connectivity index (χ3n) is 1.41. The van der Waals surface area contributed by atoms with Crippen LogP contribution in [0.2, 0.25) is 0 Å². The van der Waals surface area contributed by atoms with Crippen molar-refractivity contribution in [1.82, 2.24) is 4.98 Å². The zero-order valence-corrected chi connectivity index (χ0v) is 6.55. The smallest absolute Gasteiger partial charge is 0.194 e. The molecule has 0 saturated heterocycles. The van der Waals surface area contributed by atoms with E-state index >= 15 is 0 Å². The molecule has 0 aliphatic rings. The number of hydrogen-bond donors (Lipinski definition) is 0. The summed E-state index contributed by atoms with van der Waals surface area (Å²) in [6.07, 6.45) is 5.11. The Labute approximate surface area is 61.3 Å². The molecule has 2 nitrogen and oxygen atoms in total. The van der Waals surface area contributed by atoms with Gasteiger partial charge in [0.1, 0.15) is 5.76 Å². The Kier molecular flexibility index (Phi) is 2.49. The van der Waals surface area contributed by atoms with E-state index in [9.17, 15) is 0 Å². The predicted molar refractivity (Wildman–Crippen MR) is 39.9 cm³/mol. The standard InChI is InChI=1S/C8H13NO/c1-3-4-5-8-9-6-7(2)10-8/h6H,3-5H2,1-2H3. The fourth-order valence-corrected chi connectivity index (χ4v) is 0.845. The summed E-state index contributed by atoms with van der Waals surface area (Å²) in [5.74, 6) is 1.78. The van der Waals surface area contributed by atoms with Crippen LogP contribution in [0.25, 0.3) is 0 Å². The Morgan fingerprint density at radius 2 is 2.40 bits per heavy atom. The molecule has 10 heavy (non-hydrogen) atoms. The second kappa shape index (κ2) is 3.40. The molecule has 1 aromatic rings. The number of aryl methyl sites for hydroxylation is 2. The van der Waals surface area contributed by atoms with Gasteiger partial charge in [0, 0.05) is 6.42 Å². The number of aromatic nitrogens is 1. The van der Waals surface area contributed by atoms with Gasteiger partial charge in [0.15, 0.2) is 5.89 Å². The summed E-state index contributed by atoms with van der Waals surface area (Å²) < 4.78 is 5.27. The summed E-state index contributed by atoms with van der Waals surface area (Å²) in [7, 11) is 0. The molecule has 0 fully saturated rings. The second-order valence-electron chi connectivity index (χ2n) is 2.47. The van der Waals surface area contributed by atoms with Gasteiger partial charge in [-0.2, -0.15) is 0 Å². The van der Waals surface area contributed by atoms with Crippen molar-refractivity contribution in [3.63, 3.8) is 0 Å². The van der Waals surface area contributed by atoms with Crippen LogP contribution in [0.3, 0.4) is 0 Å². The molecule has 1 aromatic heterocycles. The van der Waals surface area contributed by atoms with Gasteiger partial charge in [0.2, 0.25) is 0 Å².